The van der Waals surface area contributed by atoms with E-state index >= 15 is 0 Å². The van der Waals surface area contributed by atoms with Crippen molar-refractivity contribution in [3.63, 3.8) is 0 Å². The molecule has 0 atom stereocenters. The molecule has 0 N–H and O–H groups in total. The van der Waals surface area contributed by atoms with Crippen molar-refractivity contribution in [1.29, 1.82) is 0 Å². The second-order valence-corrected chi connectivity index (χ2v) is 5.42. The molecule has 0 fully saturated rings. The molecule has 0 spiro atoms. The largest absolute Gasteiger partial charge is 0.0876 e. The number of hydrogen-bond donors (Lipinski definition) is 0. The monoisotopic (exact) mass is 386 g/mol. The summed E-state index contributed by atoms with van der Waals surface area (Å²) in [5.41, 5.74) is 5.38. The molecular weight excluding hydrogens is 375 g/mol. The van der Waals surface area contributed by atoms with E-state index in [-0.39, 0.29) is 0 Å². The average molecular weight is 387 g/mol. The number of rotatable bonds is 2. The van der Waals surface area contributed by atoms with Crippen LogP contribution in [0.1, 0.15) is 11.1 Å². The first-order valence-corrected chi connectivity index (χ1v) is 7.33. The predicted octanol–water partition coefficient (Wildman–Crippen LogP) is 5.16. The van der Waals surface area contributed by atoms with Crippen LogP contribution in [-0.2, 0) is 5.33 Å². The van der Waals surface area contributed by atoms with E-state index in [1.165, 1.54) is 25.8 Å². The molecular formula is C14H12BrI. The molecule has 0 bridgehead atoms. The Balaban J connectivity index is 2.59. The molecule has 0 saturated heterocycles. The lowest BCUT2D eigenvalue weighted by atomic mass is 9.97. The van der Waals surface area contributed by atoms with Crippen molar-refractivity contribution in [2.75, 3.05) is 0 Å². The van der Waals surface area contributed by atoms with Crippen molar-refractivity contribution in [3.05, 3.63) is 57.2 Å². The van der Waals surface area contributed by atoms with Gasteiger partial charge in [0.05, 0.1) is 0 Å². The molecule has 0 aliphatic heterocycles. The molecule has 2 heteroatoms. The summed E-state index contributed by atoms with van der Waals surface area (Å²) < 4.78 is 1.33. The Morgan fingerprint density at radius 3 is 2.38 bits per heavy atom. The van der Waals surface area contributed by atoms with Crippen LogP contribution in [0.25, 0.3) is 11.1 Å². The van der Waals surface area contributed by atoms with Crippen LogP contribution < -0.4 is 0 Å². The molecule has 0 nitrogen and oxygen atoms in total. The Hall–Kier alpha value is -0.350. The highest BCUT2D eigenvalue weighted by molar-refractivity contribution is 14.1. The molecule has 82 valence electrons. The Labute approximate surface area is 118 Å². The zero-order valence-electron chi connectivity index (χ0n) is 9.00. The summed E-state index contributed by atoms with van der Waals surface area (Å²) in [6, 6.07) is 14.9. The van der Waals surface area contributed by atoms with Crippen LogP contribution in [0.15, 0.2) is 42.5 Å². The quantitative estimate of drug-likeness (QED) is 0.493. The molecule has 0 heterocycles. The molecule has 0 radical (unpaired) electrons. The second-order valence-electron chi connectivity index (χ2n) is 3.70. The molecule has 0 amide bonds. The normalized spacial score (nSPS) is 10.4. The lowest BCUT2D eigenvalue weighted by Gasteiger charge is -2.11. The molecule has 2 rings (SSSR count). The van der Waals surface area contributed by atoms with Gasteiger partial charge in [0.25, 0.3) is 0 Å². The van der Waals surface area contributed by atoms with E-state index in [4.69, 9.17) is 0 Å². The van der Waals surface area contributed by atoms with Crippen LogP contribution in [0.2, 0.25) is 0 Å². The molecule has 0 aliphatic rings. The lowest BCUT2D eigenvalue weighted by Crippen LogP contribution is -1.93. The third-order valence-corrected chi connectivity index (χ3v) is 4.33. The van der Waals surface area contributed by atoms with Crippen LogP contribution in [0.3, 0.4) is 0 Å². The van der Waals surface area contributed by atoms with Crippen LogP contribution in [0.5, 0.6) is 0 Å². The van der Waals surface area contributed by atoms with E-state index in [0.29, 0.717) is 0 Å². The van der Waals surface area contributed by atoms with Gasteiger partial charge < -0.3 is 0 Å². The number of halogens is 2. The van der Waals surface area contributed by atoms with Gasteiger partial charge in [0.2, 0.25) is 0 Å². The number of benzene rings is 2. The van der Waals surface area contributed by atoms with Gasteiger partial charge >= 0.3 is 0 Å². The van der Waals surface area contributed by atoms with Gasteiger partial charge in [0, 0.05) is 8.90 Å². The standard InChI is InChI=1S/C14H12BrI/c1-10-12(11-5-3-2-4-6-11)7-8-14(16)13(10)9-15/h2-8H,9H2,1H3. The summed E-state index contributed by atoms with van der Waals surface area (Å²) in [6.07, 6.45) is 0. The zero-order valence-corrected chi connectivity index (χ0v) is 12.7. The van der Waals surface area contributed by atoms with Crippen LogP contribution in [-0.4, -0.2) is 0 Å². The minimum absolute atomic E-state index is 0.914. The number of hydrogen-bond acceptors (Lipinski definition) is 0. The third-order valence-electron chi connectivity index (χ3n) is 2.76. The van der Waals surface area contributed by atoms with Gasteiger partial charge in [-0.2, -0.15) is 0 Å². The van der Waals surface area contributed by atoms with Crippen LogP contribution in [0, 0.1) is 10.5 Å². The maximum Gasteiger partial charge on any atom is 0.0296 e. The first kappa shape index (κ1) is 12.1. The first-order valence-electron chi connectivity index (χ1n) is 5.13. The Morgan fingerprint density at radius 1 is 1.06 bits per heavy atom. The van der Waals surface area contributed by atoms with E-state index in [1.54, 1.807) is 0 Å². The van der Waals surface area contributed by atoms with Crippen molar-refractivity contribution >= 4 is 38.5 Å². The summed E-state index contributed by atoms with van der Waals surface area (Å²) in [7, 11) is 0. The molecule has 2 aromatic rings. The van der Waals surface area contributed by atoms with E-state index < -0.39 is 0 Å². The molecule has 0 unspecified atom stereocenters. The van der Waals surface area contributed by atoms with E-state index in [9.17, 15) is 0 Å². The third kappa shape index (κ3) is 2.33. The van der Waals surface area contributed by atoms with Crippen LogP contribution >= 0.6 is 38.5 Å². The average Bonchev–Trinajstić information content (AvgIpc) is 2.31. The van der Waals surface area contributed by atoms with E-state index in [2.05, 4.69) is 87.9 Å². The van der Waals surface area contributed by atoms with Crippen molar-refractivity contribution in [2.24, 2.45) is 0 Å². The van der Waals surface area contributed by atoms with Gasteiger partial charge in [-0.1, -0.05) is 52.3 Å². The highest BCUT2D eigenvalue weighted by atomic mass is 127. The fourth-order valence-electron chi connectivity index (χ4n) is 1.82. The molecule has 0 saturated carbocycles. The maximum absolute atomic E-state index is 3.56. The van der Waals surface area contributed by atoms with E-state index in [0.717, 1.165) is 5.33 Å². The van der Waals surface area contributed by atoms with Crippen LogP contribution in [0.4, 0.5) is 0 Å². The molecule has 0 aliphatic carbocycles. The first-order chi connectivity index (χ1) is 7.74. The van der Waals surface area contributed by atoms with Gasteiger partial charge in [-0.25, -0.2) is 0 Å². The fraction of sp³-hybridized carbons (Fsp3) is 0.143. The van der Waals surface area contributed by atoms with Gasteiger partial charge in [-0.3, -0.25) is 0 Å². The zero-order chi connectivity index (χ0) is 11.5. The molecule has 16 heavy (non-hydrogen) atoms. The lowest BCUT2D eigenvalue weighted by molar-refractivity contribution is 1.29. The Morgan fingerprint density at radius 2 is 1.75 bits per heavy atom. The Bertz CT molecular complexity index is 492. The maximum atomic E-state index is 3.56. The molecule has 0 aromatic heterocycles. The Kier molecular flexibility index (Phi) is 4.03. The van der Waals surface area contributed by atoms with Gasteiger partial charge in [-0.15, -0.1) is 0 Å². The number of alkyl halides is 1. The van der Waals surface area contributed by atoms with Gasteiger partial charge in [0.15, 0.2) is 0 Å². The predicted molar refractivity (Wildman–Crippen MR) is 82.0 cm³/mol. The minimum Gasteiger partial charge on any atom is -0.0876 e. The molecule has 2 aromatic carbocycles. The summed E-state index contributed by atoms with van der Waals surface area (Å²) in [6.45, 7) is 2.20. The second kappa shape index (κ2) is 5.32. The highest BCUT2D eigenvalue weighted by Crippen LogP contribution is 2.29. The van der Waals surface area contributed by atoms with Crippen molar-refractivity contribution < 1.29 is 0 Å². The summed E-state index contributed by atoms with van der Waals surface area (Å²) >= 11 is 5.95. The minimum atomic E-state index is 0.914. The SMILES string of the molecule is Cc1c(-c2ccccc2)ccc(I)c1CBr. The summed E-state index contributed by atoms with van der Waals surface area (Å²) in [5, 5.41) is 0.914. The fourth-order valence-corrected chi connectivity index (χ4v) is 3.84. The van der Waals surface area contributed by atoms with Gasteiger partial charge in [-0.05, 0) is 57.8 Å². The highest BCUT2D eigenvalue weighted by Gasteiger charge is 2.08. The van der Waals surface area contributed by atoms with Crippen molar-refractivity contribution in [3.8, 4) is 11.1 Å². The summed E-state index contributed by atoms with van der Waals surface area (Å²) in [5.74, 6) is 0. The van der Waals surface area contributed by atoms with E-state index in [1.807, 2.05) is 0 Å². The van der Waals surface area contributed by atoms with Crippen molar-refractivity contribution in [2.45, 2.75) is 12.3 Å². The van der Waals surface area contributed by atoms with Gasteiger partial charge in [0.1, 0.15) is 0 Å². The topological polar surface area (TPSA) is 0 Å². The summed E-state index contributed by atoms with van der Waals surface area (Å²) in [4.78, 5) is 0. The smallest absolute Gasteiger partial charge is 0.0296 e. The van der Waals surface area contributed by atoms with Crippen molar-refractivity contribution in [1.82, 2.24) is 0 Å².